The highest BCUT2D eigenvalue weighted by Crippen LogP contribution is 2.33. The van der Waals surface area contributed by atoms with E-state index in [2.05, 4.69) is 15.5 Å². The van der Waals surface area contributed by atoms with E-state index < -0.39 is 0 Å². The average Bonchev–Trinajstić information content (AvgIpc) is 3.41. The number of carbonyl (C=O) groups excluding carboxylic acids is 1. The van der Waals surface area contributed by atoms with Crippen molar-refractivity contribution < 1.29 is 19.0 Å². The number of rotatable bonds is 9. The van der Waals surface area contributed by atoms with E-state index in [4.69, 9.17) is 14.2 Å². The molecule has 1 aromatic heterocycles. The summed E-state index contributed by atoms with van der Waals surface area (Å²) in [6.45, 7) is 4.82. The summed E-state index contributed by atoms with van der Waals surface area (Å²) in [5.74, 6) is 3.43. The van der Waals surface area contributed by atoms with Crippen molar-refractivity contribution in [1.82, 2.24) is 20.1 Å². The molecule has 8 nitrogen and oxygen atoms in total. The molecule has 9 heteroatoms. The predicted molar refractivity (Wildman–Crippen MR) is 121 cm³/mol. The quantitative estimate of drug-likeness (QED) is 0.388. The Hall–Kier alpha value is -3.20. The van der Waals surface area contributed by atoms with Crippen molar-refractivity contribution in [2.45, 2.75) is 25.0 Å². The van der Waals surface area contributed by atoms with E-state index in [0.717, 1.165) is 16.7 Å². The molecule has 0 saturated carbocycles. The van der Waals surface area contributed by atoms with Gasteiger partial charge >= 0.3 is 0 Å². The monoisotopic (exact) mass is 454 g/mol. The molecule has 0 spiro atoms. The van der Waals surface area contributed by atoms with Gasteiger partial charge in [-0.15, -0.1) is 10.2 Å². The van der Waals surface area contributed by atoms with Gasteiger partial charge in [0.2, 0.25) is 6.79 Å². The first kappa shape index (κ1) is 22.0. The van der Waals surface area contributed by atoms with Gasteiger partial charge in [-0.05, 0) is 36.2 Å². The SMILES string of the molecule is CC(C)[C@@H](NC(=O)c1ccc2c(c1)OCO2)c1nnc(SCCOc2ccccc2)n1C. The molecular weight excluding hydrogens is 428 g/mol. The molecule has 2 aromatic carbocycles. The summed E-state index contributed by atoms with van der Waals surface area (Å²) >= 11 is 1.57. The normalized spacial score (nSPS) is 13.2. The third kappa shape index (κ3) is 4.99. The third-order valence-electron chi connectivity index (χ3n) is 5.06. The lowest BCUT2D eigenvalue weighted by molar-refractivity contribution is 0.0921. The minimum atomic E-state index is -0.291. The smallest absolute Gasteiger partial charge is 0.252 e. The second-order valence-electron chi connectivity index (χ2n) is 7.67. The maximum absolute atomic E-state index is 12.9. The number of benzene rings is 2. The van der Waals surface area contributed by atoms with Crippen molar-refractivity contribution in [2.75, 3.05) is 19.2 Å². The molecule has 1 atom stereocenters. The Morgan fingerprint density at radius 1 is 1.16 bits per heavy atom. The molecule has 4 rings (SSSR count). The van der Waals surface area contributed by atoms with E-state index in [1.165, 1.54) is 0 Å². The molecule has 0 bridgehead atoms. The van der Waals surface area contributed by atoms with Crippen LogP contribution in [0.15, 0.2) is 53.7 Å². The highest BCUT2D eigenvalue weighted by Gasteiger charge is 2.26. The highest BCUT2D eigenvalue weighted by molar-refractivity contribution is 7.99. The summed E-state index contributed by atoms with van der Waals surface area (Å²) in [5, 5.41) is 12.6. The third-order valence-corrected chi connectivity index (χ3v) is 6.05. The van der Waals surface area contributed by atoms with E-state index in [1.54, 1.807) is 30.0 Å². The van der Waals surface area contributed by atoms with Gasteiger partial charge in [-0.3, -0.25) is 4.79 Å². The minimum absolute atomic E-state index is 0.120. The van der Waals surface area contributed by atoms with Gasteiger partial charge < -0.3 is 24.1 Å². The molecule has 0 radical (unpaired) electrons. The maximum Gasteiger partial charge on any atom is 0.252 e. The number of amides is 1. The molecule has 1 aliphatic heterocycles. The van der Waals surface area contributed by atoms with Gasteiger partial charge in [0.15, 0.2) is 22.5 Å². The Morgan fingerprint density at radius 2 is 1.94 bits per heavy atom. The lowest BCUT2D eigenvalue weighted by Crippen LogP contribution is -2.33. The van der Waals surface area contributed by atoms with Crippen LogP contribution in [-0.4, -0.2) is 39.8 Å². The molecule has 0 saturated heterocycles. The number of para-hydroxylation sites is 1. The zero-order valence-corrected chi connectivity index (χ0v) is 19.1. The molecule has 0 fully saturated rings. The van der Waals surface area contributed by atoms with Crippen LogP contribution in [0.4, 0.5) is 0 Å². The zero-order valence-electron chi connectivity index (χ0n) is 18.3. The lowest BCUT2D eigenvalue weighted by atomic mass is 10.0. The summed E-state index contributed by atoms with van der Waals surface area (Å²) in [6, 6.07) is 14.6. The number of ether oxygens (including phenoxy) is 3. The molecule has 1 amide bonds. The fourth-order valence-corrected chi connectivity index (χ4v) is 4.06. The molecule has 0 aliphatic carbocycles. The van der Waals surface area contributed by atoms with Crippen molar-refractivity contribution in [3.05, 3.63) is 59.9 Å². The maximum atomic E-state index is 12.9. The standard InChI is InChI=1S/C23H26N4O4S/c1-15(2)20(24-22(28)16-9-10-18-19(13-16)31-14-30-18)21-25-26-23(27(21)3)32-12-11-29-17-7-5-4-6-8-17/h4-10,13,15,20H,11-12,14H2,1-3H3,(H,24,28)/t20-/m1/s1. The summed E-state index contributed by atoms with van der Waals surface area (Å²) in [5.41, 5.74) is 0.509. The molecule has 0 unspecified atom stereocenters. The van der Waals surface area contributed by atoms with Crippen LogP contribution < -0.4 is 19.5 Å². The number of nitrogens with zero attached hydrogens (tertiary/aromatic N) is 3. The van der Waals surface area contributed by atoms with Crippen LogP contribution in [0, 0.1) is 5.92 Å². The first-order valence-electron chi connectivity index (χ1n) is 10.4. The second kappa shape index (κ2) is 9.95. The van der Waals surface area contributed by atoms with E-state index >= 15 is 0 Å². The molecule has 3 aromatic rings. The number of thioether (sulfide) groups is 1. The zero-order chi connectivity index (χ0) is 22.5. The van der Waals surface area contributed by atoms with E-state index in [9.17, 15) is 4.79 Å². The second-order valence-corrected chi connectivity index (χ2v) is 8.74. The van der Waals surface area contributed by atoms with E-state index in [1.807, 2.05) is 55.8 Å². The van der Waals surface area contributed by atoms with Crippen molar-refractivity contribution >= 4 is 17.7 Å². The van der Waals surface area contributed by atoms with Crippen molar-refractivity contribution in [2.24, 2.45) is 13.0 Å². The molecular formula is C23H26N4O4S. The Morgan fingerprint density at radius 3 is 2.72 bits per heavy atom. The number of nitrogens with one attached hydrogen (secondary N) is 1. The van der Waals surface area contributed by atoms with Crippen LogP contribution >= 0.6 is 11.8 Å². The molecule has 32 heavy (non-hydrogen) atoms. The minimum Gasteiger partial charge on any atom is -0.493 e. The molecule has 168 valence electrons. The van der Waals surface area contributed by atoms with Gasteiger partial charge in [-0.1, -0.05) is 43.8 Å². The lowest BCUT2D eigenvalue weighted by Gasteiger charge is -2.21. The summed E-state index contributed by atoms with van der Waals surface area (Å²) in [6.07, 6.45) is 0. The summed E-state index contributed by atoms with van der Waals surface area (Å²) in [7, 11) is 1.91. The summed E-state index contributed by atoms with van der Waals surface area (Å²) < 4.78 is 18.4. The predicted octanol–water partition coefficient (Wildman–Crippen LogP) is 3.84. The van der Waals surface area contributed by atoms with Gasteiger partial charge in [-0.25, -0.2) is 0 Å². The number of hydrogen-bond donors (Lipinski definition) is 1. The van der Waals surface area contributed by atoms with Crippen LogP contribution in [0.5, 0.6) is 17.2 Å². The largest absolute Gasteiger partial charge is 0.493 e. The molecule has 2 heterocycles. The Labute approximate surface area is 191 Å². The Kier molecular flexibility index (Phi) is 6.84. The topological polar surface area (TPSA) is 87.5 Å². The number of carbonyl (C=O) groups is 1. The van der Waals surface area contributed by atoms with Gasteiger partial charge in [0.1, 0.15) is 5.75 Å². The van der Waals surface area contributed by atoms with Crippen molar-refractivity contribution in [3.63, 3.8) is 0 Å². The number of hydrogen-bond acceptors (Lipinski definition) is 7. The van der Waals surface area contributed by atoms with Crippen LogP contribution in [0.3, 0.4) is 0 Å². The Bertz CT molecular complexity index is 1070. The van der Waals surface area contributed by atoms with Crippen molar-refractivity contribution in [1.29, 1.82) is 0 Å². The van der Waals surface area contributed by atoms with E-state index in [0.29, 0.717) is 29.5 Å². The number of fused-ring (bicyclic) bond motifs is 1. The van der Waals surface area contributed by atoms with Gasteiger partial charge in [0.25, 0.3) is 5.91 Å². The van der Waals surface area contributed by atoms with Gasteiger partial charge in [0.05, 0.1) is 12.6 Å². The van der Waals surface area contributed by atoms with Crippen LogP contribution in [0.25, 0.3) is 0 Å². The van der Waals surface area contributed by atoms with Gasteiger partial charge in [0, 0.05) is 18.4 Å². The highest BCUT2D eigenvalue weighted by atomic mass is 32.2. The van der Waals surface area contributed by atoms with Crippen molar-refractivity contribution in [3.8, 4) is 17.2 Å². The average molecular weight is 455 g/mol. The fraction of sp³-hybridized carbons (Fsp3) is 0.348. The molecule has 1 aliphatic rings. The fourth-order valence-electron chi connectivity index (χ4n) is 3.32. The van der Waals surface area contributed by atoms with Gasteiger partial charge in [-0.2, -0.15) is 0 Å². The molecule has 1 N–H and O–H groups in total. The van der Waals surface area contributed by atoms with Crippen LogP contribution in [-0.2, 0) is 7.05 Å². The first-order chi connectivity index (χ1) is 15.5. The number of aromatic nitrogens is 3. The van der Waals surface area contributed by atoms with E-state index in [-0.39, 0.29) is 24.7 Å². The Balaban J connectivity index is 1.39. The van der Waals surface area contributed by atoms with Crippen LogP contribution in [0.1, 0.15) is 36.1 Å². The van der Waals surface area contributed by atoms with Crippen LogP contribution in [0.2, 0.25) is 0 Å². The summed E-state index contributed by atoms with van der Waals surface area (Å²) in [4.78, 5) is 12.9. The first-order valence-corrected chi connectivity index (χ1v) is 11.4.